The second kappa shape index (κ2) is 8.57. The third-order valence-electron chi connectivity index (χ3n) is 3.22. The first-order valence-corrected chi connectivity index (χ1v) is 6.44. The monoisotopic (exact) mass is 229 g/mol. The number of hydrogen-bond donors (Lipinski definition) is 2. The van der Waals surface area contributed by atoms with E-state index in [0.717, 1.165) is 25.2 Å². The smallest absolute Gasteiger partial charge is 0.307 e. The lowest BCUT2D eigenvalue weighted by Crippen LogP contribution is -2.25. The molecule has 16 heavy (non-hydrogen) atoms. The van der Waals surface area contributed by atoms with Crippen LogP contribution >= 0.6 is 0 Å². The summed E-state index contributed by atoms with van der Waals surface area (Å²) in [5.41, 5.74) is 5.47. The van der Waals surface area contributed by atoms with E-state index in [1.807, 2.05) is 0 Å². The summed E-state index contributed by atoms with van der Waals surface area (Å²) in [4.78, 5) is 10.9. The molecule has 0 aromatic carbocycles. The highest BCUT2D eigenvalue weighted by atomic mass is 16.4. The van der Waals surface area contributed by atoms with E-state index in [-0.39, 0.29) is 12.5 Å². The Hall–Kier alpha value is -0.570. The van der Waals surface area contributed by atoms with Crippen LogP contribution in [0, 0.1) is 17.8 Å². The van der Waals surface area contributed by atoms with E-state index in [9.17, 15) is 4.79 Å². The highest BCUT2D eigenvalue weighted by Crippen LogP contribution is 2.22. The molecule has 0 aromatic rings. The lowest BCUT2D eigenvalue weighted by atomic mass is 9.88. The molecule has 0 heterocycles. The van der Waals surface area contributed by atoms with Gasteiger partial charge in [-0.3, -0.25) is 4.79 Å². The van der Waals surface area contributed by atoms with Gasteiger partial charge >= 0.3 is 5.97 Å². The number of rotatable bonds is 9. The Balaban J connectivity index is 3.93. The molecule has 0 amide bonds. The molecule has 0 bridgehead atoms. The third-order valence-corrected chi connectivity index (χ3v) is 3.22. The molecule has 0 aliphatic heterocycles. The van der Waals surface area contributed by atoms with Crippen LogP contribution < -0.4 is 5.73 Å². The minimum atomic E-state index is -0.746. The minimum Gasteiger partial charge on any atom is -0.481 e. The second-order valence-corrected chi connectivity index (χ2v) is 5.11. The largest absolute Gasteiger partial charge is 0.481 e. The van der Waals surface area contributed by atoms with Crippen molar-refractivity contribution >= 4 is 5.97 Å². The fraction of sp³-hybridized carbons (Fsp3) is 0.923. The van der Waals surface area contributed by atoms with E-state index >= 15 is 0 Å². The van der Waals surface area contributed by atoms with Crippen LogP contribution in [0.3, 0.4) is 0 Å². The summed E-state index contributed by atoms with van der Waals surface area (Å²) in [5.74, 6) is 0.152. The Morgan fingerprint density at radius 1 is 1.31 bits per heavy atom. The topological polar surface area (TPSA) is 63.3 Å². The Labute approximate surface area is 99.4 Å². The van der Waals surface area contributed by atoms with Crippen molar-refractivity contribution in [1.82, 2.24) is 0 Å². The Kier molecular flexibility index (Phi) is 8.26. The first-order valence-electron chi connectivity index (χ1n) is 6.44. The molecule has 96 valence electrons. The van der Waals surface area contributed by atoms with Gasteiger partial charge in [0.1, 0.15) is 0 Å². The quantitative estimate of drug-likeness (QED) is 0.639. The molecule has 0 radical (unpaired) electrons. The van der Waals surface area contributed by atoms with Crippen molar-refractivity contribution in [1.29, 1.82) is 0 Å². The van der Waals surface area contributed by atoms with Crippen molar-refractivity contribution in [2.24, 2.45) is 23.5 Å². The van der Waals surface area contributed by atoms with Gasteiger partial charge in [-0.15, -0.1) is 0 Å². The zero-order valence-corrected chi connectivity index (χ0v) is 10.9. The van der Waals surface area contributed by atoms with Gasteiger partial charge in [-0.2, -0.15) is 0 Å². The summed E-state index contributed by atoms with van der Waals surface area (Å²) in [7, 11) is 0. The van der Waals surface area contributed by atoms with E-state index < -0.39 is 5.97 Å². The molecular formula is C13H27NO2. The molecule has 0 rings (SSSR count). The number of carboxylic acids is 1. The van der Waals surface area contributed by atoms with Crippen LogP contribution in [-0.2, 0) is 4.79 Å². The van der Waals surface area contributed by atoms with Gasteiger partial charge in [0.15, 0.2) is 0 Å². The molecule has 0 fully saturated rings. The van der Waals surface area contributed by atoms with E-state index in [0.29, 0.717) is 5.92 Å². The molecule has 3 heteroatoms. The molecule has 0 saturated heterocycles. The van der Waals surface area contributed by atoms with Crippen LogP contribution in [0.15, 0.2) is 0 Å². The number of nitrogens with two attached hydrogens (primary N) is 1. The van der Waals surface area contributed by atoms with Crippen molar-refractivity contribution in [2.75, 3.05) is 6.54 Å². The summed E-state index contributed by atoms with van der Waals surface area (Å²) < 4.78 is 0. The molecule has 0 aliphatic carbocycles. The highest BCUT2D eigenvalue weighted by molar-refractivity contribution is 5.70. The highest BCUT2D eigenvalue weighted by Gasteiger charge is 2.19. The maximum Gasteiger partial charge on any atom is 0.307 e. The normalized spacial score (nSPS) is 15.1. The fourth-order valence-corrected chi connectivity index (χ4v) is 2.00. The van der Waals surface area contributed by atoms with Gasteiger partial charge in [0.05, 0.1) is 5.92 Å². The summed E-state index contributed by atoms with van der Waals surface area (Å²) in [6.45, 7) is 6.84. The molecule has 2 atom stereocenters. The van der Waals surface area contributed by atoms with E-state index in [1.165, 1.54) is 12.8 Å². The van der Waals surface area contributed by atoms with Gasteiger partial charge in [-0.1, -0.05) is 46.5 Å². The standard InChI is InChI=1S/C13H27NO2/c1-4-11(7-5-6-10(2)3)8-12(9-14)13(15)16/h10-12H,4-9,14H2,1-3H3,(H,15,16)/t11-,12-/m0/s1. The van der Waals surface area contributed by atoms with Crippen LogP contribution in [0.4, 0.5) is 0 Å². The SMILES string of the molecule is CC[C@@H](CCCC(C)C)C[C@@H](CN)C(=O)O. The third kappa shape index (κ3) is 6.83. The lowest BCUT2D eigenvalue weighted by Gasteiger charge is -2.19. The fourth-order valence-electron chi connectivity index (χ4n) is 2.00. The number of aliphatic carboxylic acids is 1. The first kappa shape index (κ1) is 15.4. The maximum absolute atomic E-state index is 10.9. The van der Waals surface area contributed by atoms with Crippen molar-refractivity contribution in [3.63, 3.8) is 0 Å². The van der Waals surface area contributed by atoms with Gasteiger partial charge in [-0.05, 0) is 18.3 Å². The average molecular weight is 229 g/mol. The molecule has 0 aliphatic rings. The van der Waals surface area contributed by atoms with Crippen LogP contribution in [0.1, 0.15) is 52.9 Å². The number of carbonyl (C=O) groups is 1. The van der Waals surface area contributed by atoms with Gasteiger partial charge in [0.2, 0.25) is 0 Å². The first-order chi connectivity index (χ1) is 7.51. The minimum absolute atomic E-state index is 0.260. The van der Waals surface area contributed by atoms with Crippen LogP contribution in [-0.4, -0.2) is 17.6 Å². The average Bonchev–Trinajstić information content (AvgIpc) is 2.22. The molecule has 3 N–H and O–H groups in total. The molecule has 3 nitrogen and oxygen atoms in total. The summed E-state index contributed by atoms with van der Waals surface area (Å²) in [5, 5.41) is 8.95. The molecule has 0 saturated carbocycles. The maximum atomic E-state index is 10.9. The second-order valence-electron chi connectivity index (χ2n) is 5.11. The van der Waals surface area contributed by atoms with Crippen LogP contribution in [0.2, 0.25) is 0 Å². The molecular weight excluding hydrogens is 202 g/mol. The van der Waals surface area contributed by atoms with Gasteiger partial charge in [0.25, 0.3) is 0 Å². The van der Waals surface area contributed by atoms with Gasteiger partial charge in [-0.25, -0.2) is 0 Å². The summed E-state index contributed by atoms with van der Waals surface area (Å²) >= 11 is 0. The van der Waals surface area contributed by atoms with Gasteiger partial charge < -0.3 is 10.8 Å². The number of carboxylic acid groups (broad SMARTS) is 1. The van der Waals surface area contributed by atoms with Crippen molar-refractivity contribution in [3.05, 3.63) is 0 Å². The zero-order valence-electron chi connectivity index (χ0n) is 10.9. The lowest BCUT2D eigenvalue weighted by molar-refractivity contribution is -0.142. The van der Waals surface area contributed by atoms with E-state index in [1.54, 1.807) is 0 Å². The zero-order chi connectivity index (χ0) is 12.6. The Bertz CT molecular complexity index is 192. The van der Waals surface area contributed by atoms with Crippen molar-refractivity contribution < 1.29 is 9.90 Å². The molecule has 0 unspecified atom stereocenters. The van der Waals surface area contributed by atoms with Crippen molar-refractivity contribution in [3.8, 4) is 0 Å². The summed E-state index contributed by atoms with van der Waals surface area (Å²) in [6, 6.07) is 0. The number of hydrogen-bond acceptors (Lipinski definition) is 2. The summed E-state index contributed by atoms with van der Waals surface area (Å²) in [6.07, 6.45) is 5.37. The predicted molar refractivity (Wildman–Crippen MR) is 67.3 cm³/mol. The Morgan fingerprint density at radius 2 is 1.94 bits per heavy atom. The van der Waals surface area contributed by atoms with Gasteiger partial charge in [0, 0.05) is 6.54 Å². The van der Waals surface area contributed by atoms with Crippen LogP contribution in [0.25, 0.3) is 0 Å². The predicted octanol–water partition coefficient (Wildman–Crippen LogP) is 2.89. The van der Waals surface area contributed by atoms with E-state index in [2.05, 4.69) is 20.8 Å². The molecule has 0 spiro atoms. The van der Waals surface area contributed by atoms with Crippen molar-refractivity contribution in [2.45, 2.75) is 52.9 Å². The van der Waals surface area contributed by atoms with Crippen LogP contribution in [0.5, 0.6) is 0 Å². The molecule has 0 aromatic heterocycles. The Morgan fingerprint density at radius 3 is 2.31 bits per heavy atom. The van der Waals surface area contributed by atoms with E-state index in [4.69, 9.17) is 10.8 Å².